The molecule has 0 aromatic heterocycles. The Morgan fingerprint density at radius 3 is 2.77 bits per heavy atom. The molecule has 62 valence electrons. The number of hydrogen-bond donors (Lipinski definition) is 0. The zero-order valence-corrected chi connectivity index (χ0v) is 8.95. The molecular weight excluding hydrogens is 273 g/mol. The zero-order valence-electron chi connectivity index (χ0n) is 6.79. The van der Waals surface area contributed by atoms with Crippen molar-refractivity contribution in [2.24, 2.45) is 0 Å². The first-order valence-electron chi connectivity index (χ1n) is 3.89. The zero-order chi connectivity index (χ0) is 9.26. The van der Waals surface area contributed by atoms with Crippen LogP contribution < -0.4 is 0 Å². The second-order valence-corrected chi connectivity index (χ2v) is 3.95. The highest BCUT2D eigenvalue weighted by atomic mass is 127. The molecule has 0 unspecified atom stereocenters. The number of halogens is 1. The highest BCUT2D eigenvalue weighted by Crippen LogP contribution is 2.21. The fraction of sp³-hybridized carbons (Fsp3) is 0. The third-order valence-corrected chi connectivity index (χ3v) is 2.90. The lowest BCUT2D eigenvalue weighted by molar-refractivity contribution is 1.49. The first kappa shape index (κ1) is 8.52. The summed E-state index contributed by atoms with van der Waals surface area (Å²) in [5.74, 6) is 0. The van der Waals surface area contributed by atoms with Crippen molar-refractivity contribution in [2.45, 2.75) is 0 Å². The molecule has 0 saturated carbocycles. The fourth-order valence-corrected chi connectivity index (χ4v) is 1.98. The van der Waals surface area contributed by atoms with Crippen LogP contribution in [-0.2, 0) is 0 Å². The minimum absolute atomic E-state index is 0.719. The van der Waals surface area contributed by atoms with Gasteiger partial charge in [-0.05, 0) is 51.6 Å². The van der Waals surface area contributed by atoms with E-state index in [9.17, 15) is 0 Å². The van der Waals surface area contributed by atoms with Crippen LogP contribution in [0.5, 0.6) is 0 Å². The van der Waals surface area contributed by atoms with Crippen molar-refractivity contribution >= 4 is 33.4 Å². The van der Waals surface area contributed by atoms with Crippen molar-refractivity contribution < 1.29 is 0 Å². The van der Waals surface area contributed by atoms with Crippen molar-refractivity contribution in [3.63, 3.8) is 0 Å². The Balaban J connectivity index is 2.84. The van der Waals surface area contributed by atoms with Gasteiger partial charge in [0.25, 0.3) is 0 Å². The Bertz CT molecular complexity index is 497. The first-order chi connectivity index (χ1) is 6.31. The maximum absolute atomic E-state index is 8.74. The van der Waals surface area contributed by atoms with Crippen molar-refractivity contribution in [2.75, 3.05) is 0 Å². The summed E-state index contributed by atoms with van der Waals surface area (Å²) in [5.41, 5.74) is 0.719. The molecule has 0 fully saturated rings. The van der Waals surface area contributed by atoms with Gasteiger partial charge in [-0.3, -0.25) is 0 Å². The summed E-state index contributed by atoms with van der Waals surface area (Å²) < 4.78 is 1.19. The highest BCUT2D eigenvalue weighted by Gasteiger charge is 1.98. The Kier molecular flexibility index (Phi) is 2.19. The van der Waals surface area contributed by atoms with E-state index in [4.69, 9.17) is 5.26 Å². The number of nitriles is 1. The van der Waals surface area contributed by atoms with Gasteiger partial charge < -0.3 is 0 Å². The van der Waals surface area contributed by atoms with E-state index in [1.807, 2.05) is 30.3 Å². The molecule has 0 aliphatic carbocycles. The molecule has 0 atom stereocenters. The largest absolute Gasteiger partial charge is 0.192 e. The van der Waals surface area contributed by atoms with E-state index in [1.54, 1.807) is 0 Å². The average Bonchev–Trinajstić information content (AvgIpc) is 2.18. The summed E-state index contributed by atoms with van der Waals surface area (Å²) in [6.07, 6.45) is 0. The molecule has 0 bridgehead atoms. The topological polar surface area (TPSA) is 23.8 Å². The number of rotatable bonds is 0. The second-order valence-electron chi connectivity index (χ2n) is 2.79. The van der Waals surface area contributed by atoms with Gasteiger partial charge in [-0.2, -0.15) is 5.26 Å². The lowest BCUT2D eigenvalue weighted by Gasteiger charge is -1.99. The smallest absolute Gasteiger partial charge is 0.0991 e. The summed E-state index contributed by atoms with van der Waals surface area (Å²) in [5, 5.41) is 11.1. The van der Waals surface area contributed by atoms with Crippen LogP contribution in [0.4, 0.5) is 0 Å². The molecule has 2 heteroatoms. The van der Waals surface area contributed by atoms with Crippen LogP contribution in [0.1, 0.15) is 5.56 Å². The lowest BCUT2D eigenvalue weighted by atomic mass is 10.1. The molecule has 2 aromatic rings. The molecule has 0 amide bonds. The molecule has 0 aliphatic rings. The molecule has 0 saturated heterocycles. The molecule has 0 N–H and O–H groups in total. The number of hydrogen-bond acceptors (Lipinski definition) is 1. The molecule has 2 rings (SSSR count). The van der Waals surface area contributed by atoms with E-state index in [1.165, 1.54) is 8.96 Å². The van der Waals surface area contributed by atoms with Gasteiger partial charge in [0.15, 0.2) is 0 Å². The lowest BCUT2D eigenvalue weighted by Crippen LogP contribution is -1.79. The summed E-state index contributed by atoms with van der Waals surface area (Å²) in [4.78, 5) is 0. The van der Waals surface area contributed by atoms with Crippen molar-refractivity contribution in [3.8, 4) is 6.07 Å². The van der Waals surface area contributed by atoms with E-state index < -0.39 is 0 Å². The van der Waals surface area contributed by atoms with E-state index in [0.717, 1.165) is 10.9 Å². The van der Waals surface area contributed by atoms with Crippen LogP contribution in [0.25, 0.3) is 10.8 Å². The SMILES string of the molecule is N#Cc1ccc2cccc(I)c2c1. The summed E-state index contributed by atoms with van der Waals surface area (Å²) in [7, 11) is 0. The van der Waals surface area contributed by atoms with E-state index >= 15 is 0 Å². The van der Waals surface area contributed by atoms with Crippen LogP contribution in [0.2, 0.25) is 0 Å². The predicted octanol–water partition coefficient (Wildman–Crippen LogP) is 3.32. The third kappa shape index (κ3) is 1.52. The normalized spacial score (nSPS) is 9.85. The molecule has 0 spiro atoms. The van der Waals surface area contributed by atoms with Gasteiger partial charge >= 0.3 is 0 Å². The van der Waals surface area contributed by atoms with Gasteiger partial charge in [0, 0.05) is 3.57 Å². The molecule has 13 heavy (non-hydrogen) atoms. The van der Waals surface area contributed by atoms with E-state index in [-0.39, 0.29) is 0 Å². The molecule has 2 aromatic carbocycles. The maximum Gasteiger partial charge on any atom is 0.0991 e. The van der Waals surface area contributed by atoms with E-state index in [0.29, 0.717) is 0 Å². The van der Waals surface area contributed by atoms with Crippen molar-refractivity contribution in [1.82, 2.24) is 0 Å². The monoisotopic (exact) mass is 279 g/mol. The highest BCUT2D eigenvalue weighted by molar-refractivity contribution is 14.1. The Hall–Kier alpha value is -1.08. The second kappa shape index (κ2) is 3.35. The van der Waals surface area contributed by atoms with E-state index in [2.05, 4.69) is 34.7 Å². The fourth-order valence-electron chi connectivity index (χ4n) is 1.30. The minimum atomic E-state index is 0.719. The Morgan fingerprint density at radius 1 is 1.15 bits per heavy atom. The molecule has 1 nitrogen and oxygen atoms in total. The van der Waals surface area contributed by atoms with Crippen LogP contribution in [0.3, 0.4) is 0 Å². The number of fused-ring (bicyclic) bond motifs is 1. The van der Waals surface area contributed by atoms with Crippen LogP contribution in [0.15, 0.2) is 36.4 Å². The third-order valence-electron chi connectivity index (χ3n) is 1.96. The van der Waals surface area contributed by atoms with Crippen LogP contribution in [-0.4, -0.2) is 0 Å². The minimum Gasteiger partial charge on any atom is -0.192 e. The van der Waals surface area contributed by atoms with Crippen LogP contribution in [0, 0.1) is 14.9 Å². The maximum atomic E-state index is 8.74. The molecule has 0 heterocycles. The molecule has 0 aliphatic heterocycles. The number of nitrogens with zero attached hydrogens (tertiary/aromatic N) is 1. The number of benzene rings is 2. The van der Waals surface area contributed by atoms with Gasteiger partial charge in [-0.1, -0.05) is 18.2 Å². The molecular formula is C11H6IN. The quantitative estimate of drug-likeness (QED) is 0.679. The van der Waals surface area contributed by atoms with Crippen molar-refractivity contribution in [1.29, 1.82) is 5.26 Å². The molecule has 0 radical (unpaired) electrons. The summed E-state index contributed by atoms with van der Waals surface area (Å²) in [6, 6.07) is 14.0. The van der Waals surface area contributed by atoms with Gasteiger partial charge in [0.05, 0.1) is 11.6 Å². The van der Waals surface area contributed by atoms with Gasteiger partial charge in [0.2, 0.25) is 0 Å². The standard InChI is InChI=1S/C11H6IN/c12-11-3-1-2-9-5-4-8(7-13)6-10(9)11/h1-6H. The van der Waals surface area contributed by atoms with Crippen LogP contribution >= 0.6 is 22.6 Å². The predicted molar refractivity (Wildman–Crippen MR) is 61.4 cm³/mol. The first-order valence-corrected chi connectivity index (χ1v) is 4.97. The Morgan fingerprint density at radius 2 is 2.00 bits per heavy atom. The van der Waals surface area contributed by atoms with Gasteiger partial charge in [-0.15, -0.1) is 0 Å². The average molecular weight is 279 g/mol. The van der Waals surface area contributed by atoms with Gasteiger partial charge in [0.1, 0.15) is 0 Å². The van der Waals surface area contributed by atoms with Crippen molar-refractivity contribution in [3.05, 3.63) is 45.5 Å². The van der Waals surface area contributed by atoms with Gasteiger partial charge in [-0.25, -0.2) is 0 Å². The summed E-state index contributed by atoms with van der Waals surface area (Å²) >= 11 is 2.28. The summed E-state index contributed by atoms with van der Waals surface area (Å²) in [6.45, 7) is 0. The Labute approximate surface area is 90.1 Å².